The SMILES string of the molecule is C[C@H](NC(=O)c1cc(C(=O)NCc2cccc(OC(F)F)c2)ncn1)c1ccc(C(=O)O)cc1. The second kappa shape index (κ2) is 10.9. The summed E-state index contributed by atoms with van der Waals surface area (Å²) < 4.78 is 29.0. The Morgan fingerprint density at radius 3 is 2.32 bits per heavy atom. The van der Waals surface area contributed by atoms with Crippen molar-refractivity contribution in [3.63, 3.8) is 0 Å². The van der Waals surface area contributed by atoms with Crippen molar-refractivity contribution in [3.8, 4) is 5.75 Å². The van der Waals surface area contributed by atoms with Gasteiger partial charge in [0.05, 0.1) is 11.6 Å². The maximum atomic E-state index is 12.6. The molecule has 0 saturated heterocycles. The summed E-state index contributed by atoms with van der Waals surface area (Å²) in [5.41, 5.74) is 1.24. The molecular formula is C23H20F2N4O5. The number of carboxylic acid groups (broad SMARTS) is 1. The first-order chi connectivity index (χ1) is 16.2. The summed E-state index contributed by atoms with van der Waals surface area (Å²) in [4.78, 5) is 43.8. The number of carbonyl (C=O) groups is 3. The van der Waals surface area contributed by atoms with E-state index in [-0.39, 0.29) is 29.2 Å². The summed E-state index contributed by atoms with van der Waals surface area (Å²) in [5.74, 6) is -2.23. The minimum Gasteiger partial charge on any atom is -0.478 e. The van der Waals surface area contributed by atoms with Crippen LogP contribution in [0, 0.1) is 0 Å². The average molecular weight is 470 g/mol. The smallest absolute Gasteiger partial charge is 0.387 e. The van der Waals surface area contributed by atoms with Gasteiger partial charge in [-0.2, -0.15) is 8.78 Å². The van der Waals surface area contributed by atoms with Gasteiger partial charge in [-0.05, 0) is 42.3 Å². The molecule has 3 N–H and O–H groups in total. The lowest BCUT2D eigenvalue weighted by atomic mass is 10.1. The number of rotatable bonds is 9. The van der Waals surface area contributed by atoms with Crippen LogP contribution in [0.5, 0.6) is 5.75 Å². The van der Waals surface area contributed by atoms with Crippen LogP contribution < -0.4 is 15.4 Å². The van der Waals surface area contributed by atoms with Crippen molar-refractivity contribution in [1.29, 1.82) is 0 Å². The van der Waals surface area contributed by atoms with Crippen LogP contribution in [0.25, 0.3) is 0 Å². The van der Waals surface area contributed by atoms with Crippen molar-refractivity contribution in [1.82, 2.24) is 20.6 Å². The average Bonchev–Trinajstić information content (AvgIpc) is 2.82. The Balaban J connectivity index is 1.61. The third-order valence-electron chi connectivity index (χ3n) is 4.71. The van der Waals surface area contributed by atoms with Crippen LogP contribution in [0.1, 0.15) is 55.4 Å². The largest absolute Gasteiger partial charge is 0.478 e. The first-order valence-corrected chi connectivity index (χ1v) is 10.0. The topological polar surface area (TPSA) is 131 Å². The van der Waals surface area contributed by atoms with E-state index in [1.165, 1.54) is 36.4 Å². The van der Waals surface area contributed by atoms with Crippen LogP contribution in [0.4, 0.5) is 8.78 Å². The third-order valence-corrected chi connectivity index (χ3v) is 4.71. The lowest BCUT2D eigenvalue weighted by molar-refractivity contribution is -0.0499. The molecule has 34 heavy (non-hydrogen) atoms. The van der Waals surface area contributed by atoms with Gasteiger partial charge in [0.2, 0.25) is 0 Å². The lowest BCUT2D eigenvalue weighted by Crippen LogP contribution is -2.29. The number of carboxylic acids is 1. The maximum absolute atomic E-state index is 12.6. The highest BCUT2D eigenvalue weighted by molar-refractivity contribution is 5.97. The fourth-order valence-corrected chi connectivity index (χ4v) is 2.98. The van der Waals surface area contributed by atoms with Crippen LogP contribution in [0.2, 0.25) is 0 Å². The number of hydrogen-bond donors (Lipinski definition) is 3. The standard InChI is InChI=1S/C23H20F2N4O5/c1-13(15-5-7-16(8-6-15)22(32)33)29-21(31)19-10-18(27-12-28-19)20(30)26-11-14-3-2-4-17(9-14)34-23(24)25/h2-10,12-13,23H,11H2,1H3,(H,26,30)(H,29,31)(H,32,33)/t13-/m0/s1. The number of benzene rings is 2. The number of aromatic nitrogens is 2. The van der Waals surface area contributed by atoms with Gasteiger partial charge >= 0.3 is 12.6 Å². The molecule has 2 aromatic carbocycles. The van der Waals surface area contributed by atoms with E-state index in [1.807, 2.05) is 0 Å². The van der Waals surface area contributed by atoms with Crippen molar-refractivity contribution >= 4 is 17.8 Å². The van der Waals surface area contributed by atoms with Crippen molar-refractivity contribution in [2.45, 2.75) is 26.1 Å². The second-order valence-electron chi connectivity index (χ2n) is 7.12. The quantitative estimate of drug-likeness (QED) is 0.438. The molecule has 0 unspecified atom stereocenters. The minimum absolute atomic E-state index is 0.0220. The van der Waals surface area contributed by atoms with E-state index in [0.29, 0.717) is 11.1 Å². The van der Waals surface area contributed by atoms with Gasteiger partial charge in [0.25, 0.3) is 11.8 Å². The Labute approximate surface area is 192 Å². The molecule has 0 bridgehead atoms. The summed E-state index contributed by atoms with van der Waals surface area (Å²) in [6.45, 7) is -1.22. The number of amides is 2. The van der Waals surface area contributed by atoms with Crippen molar-refractivity contribution in [2.75, 3.05) is 0 Å². The number of ether oxygens (including phenoxy) is 1. The van der Waals surface area contributed by atoms with Gasteiger partial charge in [0, 0.05) is 12.6 Å². The van der Waals surface area contributed by atoms with Gasteiger partial charge in [-0.25, -0.2) is 14.8 Å². The van der Waals surface area contributed by atoms with Crippen molar-refractivity contribution in [3.05, 3.63) is 89.0 Å². The van der Waals surface area contributed by atoms with Gasteiger partial charge in [0.15, 0.2) is 0 Å². The Morgan fingerprint density at radius 2 is 1.68 bits per heavy atom. The van der Waals surface area contributed by atoms with E-state index >= 15 is 0 Å². The Bertz CT molecular complexity index is 1190. The van der Waals surface area contributed by atoms with E-state index in [4.69, 9.17) is 5.11 Å². The lowest BCUT2D eigenvalue weighted by Gasteiger charge is -2.14. The predicted molar refractivity (Wildman–Crippen MR) is 116 cm³/mol. The Hall–Kier alpha value is -4.41. The third kappa shape index (κ3) is 6.55. The Morgan fingerprint density at radius 1 is 1.00 bits per heavy atom. The highest BCUT2D eigenvalue weighted by Gasteiger charge is 2.16. The molecule has 0 aliphatic carbocycles. The van der Waals surface area contributed by atoms with E-state index in [9.17, 15) is 23.2 Å². The van der Waals surface area contributed by atoms with Crippen molar-refractivity contribution < 1.29 is 33.0 Å². The zero-order chi connectivity index (χ0) is 24.7. The number of carbonyl (C=O) groups excluding carboxylic acids is 2. The number of nitrogens with zero attached hydrogens (tertiary/aromatic N) is 2. The minimum atomic E-state index is -2.96. The maximum Gasteiger partial charge on any atom is 0.387 e. The number of nitrogens with one attached hydrogen (secondary N) is 2. The second-order valence-corrected chi connectivity index (χ2v) is 7.12. The molecule has 11 heteroatoms. The summed E-state index contributed by atoms with van der Waals surface area (Å²) in [5, 5.41) is 14.3. The number of halogens is 2. The van der Waals surface area contributed by atoms with Crippen LogP contribution in [0.15, 0.2) is 60.9 Å². The van der Waals surface area contributed by atoms with Crippen LogP contribution in [-0.2, 0) is 6.54 Å². The highest BCUT2D eigenvalue weighted by atomic mass is 19.3. The van der Waals surface area contributed by atoms with Gasteiger partial charge in [0.1, 0.15) is 23.5 Å². The van der Waals surface area contributed by atoms with Crippen molar-refractivity contribution in [2.24, 2.45) is 0 Å². The first kappa shape index (κ1) is 24.2. The van der Waals surface area contributed by atoms with Gasteiger partial charge < -0.3 is 20.5 Å². The molecule has 3 rings (SSSR count). The monoisotopic (exact) mass is 470 g/mol. The molecular weight excluding hydrogens is 450 g/mol. The first-order valence-electron chi connectivity index (χ1n) is 10.0. The summed E-state index contributed by atoms with van der Waals surface area (Å²) in [7, 11) is 0. The zero-order valence-corrected chi connectivity index (χ0v) is 17.9. The molecule has 2 amide bonds. The molecule has 0 spiro atoms. The number of alkyl halides is 2. The Kier molecular flexibility index (Phi) is 7.80. The normalized spacial score (nSPS) is 11.5. The summed E-state index contributed by atoms with van der Waals surface area (Å²) in [6.07, 6.45) is 1.08. The molecule has 0 radical (unpaired) electrons. The van der Waals surface area contributed by atoms with E-state index in [0.717, 1.165) is 6.33 Å². The van der Waals surface area contributed by atoms with Crippen LogP contribution in [0.3, 0.4) is 0 Å². The molecule has 1 atom stereocenters. The predicted octanol–water partition coefficient (Wildman–Crippen LogP) is 3.20. The fourth-order valence-electron chi connectivity index (χ4n) is 2.98. The van der Waals surface area contributed by atoms with E-state index < -0.39 is 30.4 Å². The molecule has 1 heterocycles. The molecule has 176 valence electrons. The molecule has 0 aliphatic heterocycles. The van der Waals surface area contributed by atoms with E-state index in [1.54, 1.807) is 25.1 Å². The zero-order valence-electron chi connectivity index (χ0n) is 17.9. The highest BCUT2D eigenvalue weighted by Crippen LogP contribution is 2.16. The van der Waals surface area contributed by atoms with Gasteiger partial charge in [-0.1, -0.05) is 24.3 Å². The van der Waals surface area contributed by atoms with Crippen LogP contribution >= 0.6 is 0 Å². The molecule has 0 fully saturated rings. The number of hydrogen-bond acceptors (Lipinski definition) is 6. The molecule has 1 aromatic heterocycles. The molecule has 0 saturated carbocycles. The molecule has 0 aliphatic rings. The summed E-state index contributed by atoms with van der Waals surface area (Å²) in [6, 6.07) is 12.7. The molecule has 9 nitrogen and oxygen atoms in total. The number of aromatic carboxylic acids is 1. The van der Waals surface area contributed by atoms with E-state index in [2.05, 4.69) is 25.3 Å². The molecule has 3 aromatic rings. The fraction of sp³-hybridized carbons (Fsp3) is 0.174. The van der Waals surface area contributed by atoms with Crippen LogP contribution in [-0.4, -0.2) is 39.5 Å². The van der Waals surface area contributed by atoms with Gasteiger partial charge in [-0.3, -0.25) is 9.59 Å². The summed E-state index contributed by atoms with van der Waals surface area (Å²) >= 11 is 0. The van der Waals surface area contributed by atoms with Gasteiger partial charge in [-0.15, -0.1) is 0 Å².